The van der Waals surface area contributed by atoms with Crippen LogP contribution >= 0.6 is 0 Å². The SMILES string of the molecule is CCOC(=O)C(C#N)=Nc1ccc(N(C)C)cc1. The zero-order valence-corrected chi connectivity index (χ0v) is 10.7. The molecule has 94 valence electrons. The third kappa shape index (κ3) is 3.59. The van der Waals surface area contributed by atoms with E-state index in [0.717, 1.165) is 5.69 Å². The summed E-state index contributed by atoms with van der Waals surface area (Å²) in [5, 5.41) is 8.84. The van der Waals surface area contributed by atoms with Gasteiger partial charge in [0.05, 0.1) is 12.3 Å². The van der Waals surface area contributed by atoms with Crippen molar-refractivity contribution in [3.8, 4) is 6.07 Å². The Kier molecular flexibility index (Phi) is 4.88. The molecule has 0 N–H and O–H groups in total. The topological polar surface area (TPSA) is 65.7 Å². The highest BCUT2D eigenvalue weighted by Crippen LogP contribution is 2.18. The lowest BCUT2D eigenvalue weighted by molar-refractivity contribution is -0.134. The number of nitrogens with zero attached hydrogens (tertiary/aromatic N) is 3. The molecule has 0 aliphatic rings. The number of benzene rings is 1. The van der Waals surface area contributed by atoms with E-state index < -0.39 is 5.97 Å². The fraction of sp³-hybridized carbons (Fsp3) is 0.308. The quantitative estimate of drug-likeness (QED) is 0.600. The Morgan fingerprint density at radius 2 is 2.00 bits per heavy atom. The summed E-state index contributed by atoms with van der Waals surface area (Å²) in [6, 6.07) is 8.94. The zero-order valence-electron chi connectivity index (χ0n) is 10.7. The van der Waals surface area contributed by atoms with E-state index in [4.69, 9.17) is 10.00 Å². The van der Waals surface area contributed by atoms with Gasteiger partial charge < -0.3 is 9.64 Å². The van der Waals surface area contributed by atoms with Crippen LogP contribution in [0.15, 0.2) is 29.3 Å². The maximum absolute atomic E-state index is 11.4. The maximum Gasteiger partial charge on any atom is 0.367 e. The maximum atomic E-state index is 11.4. The van der Waals surface area contributed by atoms with Gasteiger partial charge in [0.15, 0.2) is 0 Å². The highest BCUT2D eigenvalue weighted by atomic mass is 16.5. The van der Waals surface area contributed by atoms with Gasteiger partial charge in [-0.05, 0) is 31.2 Å². The van der Waals surface area contributed by atoms with Crippen LogP contribution in [0.4, 0.5) is 11.4 Å². The highest BCUT2D eigenvalue weighted by molar-refractivity contribution is 6.43. The number of carbonyl (C=O) groups is 1. The largest absolute Gasteiger partial charge is 0.461 e. The van der Waals surface area contributed by atoms with Crippen LogP contribution in [0.1, 0.15) is 6.92 Å². The van der Waals surface area contributed by atoms with E-state index in [2.05, 4.69) is 4.99 Å². The molecule has 0 amide bonds. The predicted molar refractivity (Wildman–Crippen MR) is 70.1 cm³/mol. The Morgan fingerprint density at radius 3 is 2.44 bits per heavy atom. The molecule has 18 heavy (non-hydrogen) atoms. The Balaban J connectivity index is 2.93. The Hall–Kier alpha value is -2.35. The van der Waals surface area contributed by atoms with Crippen LogP contribution < -0.4 is 4.90 Å². The minimum absolute atomic E-state index is 0.221. The molecule has 0 aliphatic carbocycles. The van der Waals surface area contributed by atoms with Crippen molar-refractivity contribution in [2.24, 2.45) is 4.99 Å². The number of esters is 1. The lowest BCUT2D eigenvalue weighted by Gasteiger charge is -2.11. The van der Waals surface area contributed by atoms with E-state index in [1.165, 1.54) is 0 Å². The number of nitriles is 1. The van der Waals surface area contributed by atoms with Gasteiger partial charge in [-0.3, -0.25) is 0 Å². The van der Waals surface area contributed by atoms with Crippen LogP contribution in [-0.4, -0.2) is 32.4 Å². The van der Waals surface area contributed by atoms with Crippen molar-refractivity contribution in [3.63, 3.8) is 0 Å². The van der Waals surface area contributed by atoms with Crippen LogP contribution in [0.3, 0.4) is 0 Å². The van der Waals surface area contributed by atoms with Gasteiger partial charge in [0.1, 0.15) is 6.07 Å². The van der Waals surface area contributed by atoms with Gasteiger partial charge in [-0.2, -0.15) is 5.26 Å². The zero-order chi connectivity index (χ0) is 13.5. The second-order valence-electron chi connectivity index (χ2n) is 3.70. The molecule has 0 fully saturated rings. The van der Waals surface area contributed by atoms with Gasteiger partial charge in [-0.15, -0.1) is 0 Å². The molecule has 1 aromatic carbocycles. The van der Waals surface area contributed by atoms with Crippen molar-refractivity contribution in [1.82, 2.24) is 0 Å². The lowest BCUT2D eigenvalue weighted by Crippen LogP contribution is -2.15. The smallest absolute Gasteiger partial charge is 0.367 e. The van der Waals surface area contributed by atoms with Crippen LogP contribution in [0.25, 0.3) is 0 Å². The summed E-state index contributed by atoms with van der Waals surface area (Å²) in [5.41, 5.74) is 1.32. The minimum atomic E-state index is -0.698. The molecular formula is C13H15N3O2. The summed E-state index contributed by atoms with van der Waals surface area (Å²) in [6.07, 6.45) is 0. The van der Waals surface area contributed by atoms with Gasteiger partial charge in [-0.1, -0.05) is 0 Å². The molecule has 0 heterocycles. The number of carbonyl (C=O) groups excluding carboxylic acids is 1. The molecule has 0 unspecified atom stereocenters. The normalized spacial score (nSPS) is 10.7. The molecule has 1 rings (SSSR count). The van der Waals surface area contributed by atoms with Crippen LogP contribution in [-0.2, 0) is 9.53 Å². The first-order valence-corrected chi connectivity index (χ1v) is 5.51. The number of rotatable bonds is 4. The van der Waals surface area contributed by atoms with E-state index >= 15 is 0 Å². The number of ether oxygens (including phenoxy) is 1. The van der Waals surface area contributed by atoms with Crippen LogP contribution in [0.2, 0.25) is 0 Å². The van der Waals surface area contributed by atoms with Crippen molar-refractivity contribution in [3.05, 3.63) is 24.3 Å². The molecule has 0 radical (unpaired) electrons. The van der Waals surface area contributed by atoms with Crippen molar-refractivity contribution in [2.45, 2.75) is 6.92 Å². The first-order valence-electron chi connectivity index (χ1n) is 5.51. The summed E-state index contributed by atoms with van der Waals surface area (Å²) < 4.78 is 4.73. The Labute approximate surface area is 106 Å². The Bertz CT molecular complexity index is 484. The molecule has 0 saturated heterocycles. The minimum Gasteiger partial charge on any atom is -0.461 e. The van der Waals surface area contributed by atoms with Gasteiger partial charge >= 0.3 is 5.97 Å². The van der Waals surface area contributed by atoms with E-state index in [0.29, 0.717) is 5.69 Å². The van der Waals surface area contributed by atoms with Crippen molar-refractivity contribution >= 4 is 23.1 Å². The highest BCUT2D eigenvalue weighted by Gasteiger charge is 2.11. The van der Waals surface area contributed by atoms with Gasteiger partial charge in [0.25, 0.3) is 0 Å². The van der Waals surface area contributed by atoms with Crippen molar-refractivity contribution in [2.75, 3.05) is 25.6 Å². The van der Waals surface area contributed by atoms with Gasteiger partial charge in [0, 0.05) is 19.8 Å². The third-order valence-corrected chi connectivity index (χ3v) is 2.18. The number of hydrogen-bond donors (Lipinski definition) is 0. The number of hydrogen-bond acceptors (Lipinski definition) is 5. The third-order valence-electron chi connectivity index (χ3n) is 2.18. The second kappa shape index (κ2) is 6.40. The summed E-state index contributed by atoms with van der Waals surface area (Å²) in [7, 11) is 3.86. The summed E-state index contributed by atoms with van der Waals surface area (Å²) in [5.74, 6) is -0.698. The fourth-order valence-corrected chi connectivity index (χ4v) is 1.27. The monoisotopic (exact) mass is 245 g/mol. The molecule has 0 saturated carbocycles. The van der Waals surface area contributed by atoms with Crippen LogP contribution in [0.5, 0.6) is 0 Å². The molecule has 0 bridgehead atoms. The molecular weight excluding hydrogens is 230 g/mol. The Morgan fingerprint density at radius 1 is 1.39 bits per heavy atom. The van der Waals surface area contributed by atoms with E-state index in [-0.39, 0.29) is 12.3 Å². The van der Waals surface area contributed by atoms with Gasteiger partial charge in [-0.25, -0.2) is 9.79 Å². The number of anilines is 1. The molecule has 0 spiro atoms. The van der Waals surface area contributed by atoms with Crippen LogP contribution in [0, 0.1) is 11.3 Å². The second-order valence-corrected chi connectivity index (χ2v) is 3.70. The van der Waals surface area contributed by atoms with Gasteiger partial charge in [0.2, 0.25) is 5.71 Å². The van der Waals surface area contributed by atoms with Crippen molar-refractivity contribution < 1.29 is 9.53 Å². The number of aliphatic imine (C=N–C) groups is 1. The summed E-state index contributed by atoms with van der Waals surface area (Å²) in [6.45, 7) is 1.90. The molecule has 5 heteroatoms. The predicted octanol–water partition coefficient (Wildman–Crippen LogP) is 1.91. The lowest BCUT2D eigenvalue weighted by atomic mass is 10.2. The molecule has 0 aliphatic heterocycles. The molecule has 0 atom stereocenters. The average Bonchev–Trinajstić information content (AvgIpc) is 2.36. The first-order chi connectivity index (χ1) is 8.58. The van der Waals surface area contributed by atoms with E-state index in [1.807, 2.05) is 31.1 Å². The van der Waals surface area contributed by atoms with Crippen molar-refractivity contribution in [1.29, 1.82) is 5.26 Å². The van der Waals surface area contributed by atoms with E-state index in [1.54, 1.807) is 25.1 Å². The molecule has 0 aromatic heterocycles. The summed E-state index contributed by atoms with van der Waals surface area (Å²) >= 11 is 0. The average molecular weight is 245 g/mol. The molecule has 5 nitrogen and oxygen atoms in total. The van der Waals surface area contributed by atoms with E-state index in [9.17, 15) is 4.79 Å². The standard InChI is InChI=1S/C13H15N3O2/c1-4-18-13(17)12(9-14)15-10-5-7-11(8-6-10)16(2)3/h5-8H,4H2,1-3H3. The fourth-order valence-electron chi connectivity index (χ4n) is 1.27. The first kappa shape index (κ1) is 13.7. The molecule has 1 aromatic rings. The summed E-state index contributed by atoms with van der Waals surface area (Å²) in [4.78, 5) is 17.3.